The monoisotopic (exact) mass is 260 g/mol. The maximum absolute atomic E-state index is 12.1. The van der Waals surface area contributed by atoms with Crippen LogP contribution in [0.2, 0.25) is 0 Å². The van der Waals surface area contributed by atoms with Gasteiger partial charge in [-0.1, -0.05) is 0 Å². The van der Waals surface area contributed by atoms with Crippen LogP contribution in [0.5, 0.6) is 5.75 Å². The Balaban J connectivity index is 2.10. The number of carbonyl (C=O) groups is 1. The molecule has 0 aliphatic heterocycles. The highest BCUT2D eigenvalue weighted by Gasteiger charge is 2.14. The number of hydrogen-bond acceptors (Lipinski definition) is 4. The molecule has 0 saturated carbocycles. The average molecular weight is 260 g/mol. The Hall–Kier alpha value is -2.43. The van der Waals surface area contributed by atoms with Crippen molar-refractivity contribution in [3.05, 3.63) is 47.9 Å². The summed E-state index contributed by atoms with van der Waals surface area (Å²) < 4.78 is 10.3. The molecule has 0 radical (unpaired) electrons. The molecule has 1 heterocycles. The van der Waals surface area contributed by atoms with Crippen LogP contribution in [0.15, 0.2) is 41.0 Å². The van der Waals surface area contributed by atoms with Crippen LogP contribution in [0, 0.1) is 0 Å². The third-order valence-electron chi connectivity index (χ3n) is 2.81. The number of nitrogens with two attached hydrogens (primary N) is 1. The molecule has 3 N–H and O–H groups in total. The lowest BCUT2D eigenvalue weighted by Crippen LogP contribution is -2.26. The van der Waals surface area contributed by atoms with Gasteiger partial charge in [0, 0.05) is 5.56 Å². The minimum absolute atomic E-state index is 0.203. The van der Waals surface area contributed by atoms with E-state index in [1.54, 1.807) is 30.5 Å². The van der Waals surface area contributed by atoms with Crippen LogP contribution in [0.3, 0.4) is 0 Å². The molecule has 1 aromatic heterocycles. The molecular formula is C14H16N2O3. The van der Waals surface area contributed by atoms with E-state index in [0.29, 0.717) is 22.8 Å². The second kappa shape index (κ2) is 5.48. The molecule has 0 fully saturated rings. The van der Waals surface area contributed by atoms with E-state index < -0.39 is 0 Å². The van der Waals surface area contributed by atoms with E-state index in [4.69, 9.17) is 14.9 Å². The number of methoxy groups -OCH3 is 1. The lowest BCUT2D eigenvalue weighted by molar-refractivity contribution is 0.0935. The summed E-state index contributed by atoms with van der Waals surface area (Å²) in [6.45, 7) is 1.85. The summed E-state index contributed by atoms with van der Waals surface area (Å²) in [5, 5.41) is 2.83. The number of anilines is 1. The van der Waals surface area contributed by atoms with Crippen LogP contribution in [-0.2, 0) is 0 Å². The molecule has 0 bridgehead atoms. The normalized spacial score (nSPS) is 11.9. The number of carbonyl (C=O) groups excluding carboxylic acids is 1. The van der Waals surface area contributed by atoms with E-state index >= 15 is 0 Å². The van der Waals surface area contributed by atoms with Crippen LogP contribution in [0.25, 0.3) is 0 Å². The van der Waals surface area contributed by atoms with Gasteiger partial charge in [-0.3, -0.25) is 4.79 Å². The number of ether oxygens (including phenoxy) is 1. The largest absolute Gasteiger partial charge is 0.495 e. The van der Waals surface area contributed by atoms with Gasteiger partial charge in [0.1, 0.15) is 11.5 Å². The van der Waals surface area contributed by atoms with E-state index in [1.807, 2.05) is 13.0 Å². The lowest BCUT2D eigenvalue weighted by Gasteiger charge is -2.12. The highest BCUT2D eigenvalue weighted by molar-refractivity contribution is 5.95. The van der Waals surface area contributed by atoms with Crippen molar-refractivity contribution in [3.63, 3.8) is 0 Å². The topological polar surface area (TPSA) is 77.5 Å². The van der Waals surface area contributed by atoms with Gasteiger partial charge in [0.05, 0.1) is 25.1 Å². The molecule has 0 aliphatic rings. The predicted molar refractivity (Wildman–Crippen MR) is 72.0 cm³/mol. The Labute approximate surface area is 111 Å². The standard InChI is InChI=1S/C14H16N2O3/c1-9(12-4-3-7-19-12)16-14(17)10-5-6-13(18-2)11(15)8-10/h3-9H,15H2,1-2H3,(H,16,17). The quantitative estimate of drug-likeness (QED) is 0.827. The number of benzene rings is 1. The Morgan fingerprint density at radius 1 is 1.42 bits per heavy atom. The summed E-state index contributed by atoms with van der Waals surface area (Å²) in [6.07, 6.45) is 1.57. The Bertz CT molecular complexity index is 564. The third kappa shape index (κ3) is 2.88. The highest BCUT2D eigenvalue weighted by Crippen LogP contribution is 2.22. The molecule has 2 aromatic rings. The van der Waals surface area contributed by atoms with Gasteiger partial charge in [-0.2, -0.15) is 0 Å². The van der Waals surface area contributed by atoms with Gasteiger partial charge in [0.25, 0.3) is 5.91 Å². The first kappa shape index (κ1) is 13.0. The molecule has 5 nitrogen and oxygen atoms in total. The second-order valence-corrected chi connectivity index (χ2v) is 4.17. The van der Waals surface area contributed by atoms with Gasteiger partial charge < -0.3 is 20.2 Å². The fourth-order valence-electron chi connectivity index (χ4n) is 1.76. The van der Waals surface area contributed by atoms with Crippen molar-refractivity contribution in [2.45, 2.75) is 13.0 Å². The summed E-state index contributed by atoms with van der Waals surface area (Å²) in [4.78, 5) is 12.1. The molecule has 0 saturated heterocycles. The third-order valence-corrected chi connectivity index (χ3v) is 2.81. The zero-order valence-electron chi connectivity index (χ0n) is 10.8. The van der Waals surface area contributed by atoms with Gasteiger partial charge in [-0.25, -0.2) is 0 Å². The summed E-state index contributed by atoms with van der Waals surface area (Å²) in [5.74, 6) is 1.05. The van der Waals surface area contributed by atoms with Crippen molar-refractivity contribution >= 4 is 11.6 Å². The fraction of sp³-hybridized carbons (Fsp3) is 0.214. The molecule has 5 heteroatoms. The molecule has 2 rings (SSSR count). The Morgan fingerprint density at radius 3 is 2.79 bits per heavy atom. The van der Waals surface area contributed by atoms with Gasteiger partial charge in [-0.05, 0) is 37.3 Å². The van der Waals surface area contributed by atoms with E-state index in [-0.39, 0.29) is 11.9 Å². The first-order chi connectivity index (χ1) is 9.11. The minimum Gasteiger partial charge on any atom is -0.495 e. The van der Waals surface area contributed by atoms with E-state index in [1.165, 1.54) is 7.11 Å². The Morgan fingerprint density at radius 2 is 2.21 bits per heavy atom. The van der Waals surface area contributed by atoms with Gasteiger partial charge >= 0.3 is 0 Å². The van der Waals surface area contributed by atoms with Gasteiger partial charge in [-0.15, -0.1) is 0 Å². The fourth-order valence-corrected chi connectivity index (χ4v) is 1.76. The van der Waals surface area contributed by atoms with Crippen LogP contribution in [0.1, 0.15) is 29.1 Å². The Kier molecular flexibility index (Phi) is 3.75. The van der Waals surface area contributed by atoms with Crippen molar-refractivity contribution in [1.29, 1.82) is 0 Å². The van der Waals surface area contributed by atoms with Crippen LogP contribution in [-0.4, -0.2) is 13.0 Å². The molecule has 1 aromatic carbocycles. The number of furan rings is 1. The van der Waals surface area contributed by atoms with Crippen LogP contribution in [0.4, 0.5) is 5.69 Å². The summed E-state index contributed by atoms with van der Waals surface area (Å²) in [5.41, 5.74) is 6.69. The SMILES string of the molecule is COc1ccc(C(=O)NC(C)c2ccco2)cc1N. The molecule has 100 valence electrons. The molecule has 1 atom stereocenters. The minimum atomic E-state index is -0.210. The molecule has 1 unspecified atom stereocenters. The summed E-state index contributed by atoms with van der Waals surface area (Å²) in [6, 6.07) is 8.31. The molecule has 19 heavy (non-hydrogen) atoms. The summed E-state index contributed by atoms with van der Waals surface area (Å²) >= 11 is 0. The van der Waals surface area contributed by atoms with Gasteiger partial charge in [0.2, 0.25) is 0 Å². The molecular weight excluding hydrogens is 244 g/mol. The van der Waals surface area contributed by atoms with Crippen molar-refractivity contribution in [2.24, 2.45) is 0 Å². The van der Waals surface area contributed by atoms with E-state index in [0.717, 1.165) is 0 Å². The van der Waals surface area contributed by atoms with Crippen molar-refractivity contribution in [1.82, 2.24) is 5.32 Å². The smallest absolute Gasteiger partial charge is 0.251 e. The van der Waals surface area contributed by atoms with Gasteiger partial charge in [0.15, 0.2) is 0 Å². The maximum Gasteiger partial charge on any atom is 0.251 e. The zero-order valence-corrected chi connectivity index (χ0v) is 10.8. The van der Waals surface area contributed by atoms with Crippen molar-refractivity contribution in [2.75, 3.05) is 12.8 Å². The first-order valence-corrected chi connectivity index (χ1v) is 5.89. The maximum atomic E-state index is 12.1. The number of nitrogen functional groups attached to an aromatic ring is 1. The first-order valence-electron chi connectivity index (χ1n) is 5.89. The number of amides is 1. The number of hydrogen-bond donors (Lipinski definition) is 2. The molecule has 0 aliphatic carbocycles. The molecule has 0 spiro atoms. The van der Waals surface area contributed by atoms with Crippen LogP contribution >= 0.6 is 0 Å². The zero-order chi connectivity index (χ0) is 13.8. The molecule has 1 amide bonds. The predicted octanol–water partition coefficient (Wildman–Crippen LogP) is 2.36. The van der Waals surface area contributed by atoms with Crippen molar-refractivity contribution in [3.8, 4) is 5.75 Å². The lowest BCUT2D eigenvalue weighted by atomic mass is 10.1. The second-order valence-electron chi connectivity index (χ2n) is 4.17. The van der Waals surface area contributed by atoms with E-state index in [9.17, 15) is 4.79 Å². The van der Waals surface area contributed by atoms with Crippen LogP contribution < -0.4 is 15.8 Å². The number of nitrogens with one attached hydrogen (secondary N) is 1. The summed E-state index contributed by atoms with van der Waals surface area (Å²) in [7, 11) is 1.53. The average Bonchev–Trinajstić information content (AvgIpc) is 2.92. The number of rotatable bonds is 4. The highest BCUT2D eigenvalue weighted by atomic mass is 16.5. The van der Waals surface area contributed by atoms with Crippen molar-refractivity contribution < 1.29 is 13.9 Å². The van der Waals surface area contributed by atoms with E-state index in [2.05, 4.69) is 5.32 Å².